The number of rotatable bonds is 71. The van der Waals surface area contributed by atoms with Gasteiger partial charge in [0.1, 0.15) is 13.2 Å². The number of ether oxygens (including phenoxy) is 4. The van der Waals surface area contributed by atoms with Crippen molar-refractivity contribution in [2.75, 3.05) is 47.5 Å². The lowest BCUT2D eigenvalue weighted by Crippen LogP contribution is -2.44. The number of carboxylic acids is 1. The molecule has 0 aromatic heterocycles. The summed E-state index contributed by atoms with van der Waals surface area (Å²) in [7, 11) is 5.91. The third-order valence-electron chi connectivity index (χ3n) is 16.3. The van der Waals surface area contributed by atoms with E-state index < -0.39 is 24.3 Å². The maximum atomic E-state index is 13.0. The quantitative estimate of drug-likeness (QED) is 0.0195. The number of carboxylic acid groups (broad SMARTS) is 1. The summed E-state index contributed by atoms with van der Waals surface area (Å²) in [5, 5.41) is 11.9. The Bertz CT molecular complexity index is 2340. The number of esters is 2. The van der Waals surface area contributed by atoms with Crippen LogP contribution in [0, 0.1) is 0 Å². The van der Waals surface area contributed by atoms with Gasteiger partial charge in [-0.1, -0.05) is 337 Å². The molecule has 0 aromatic carbocycles. The molecule has 0 saturated carbocycles. The molecule has 0 fully saturated rings. The van der Waals surface area contributed by atoms with Gasteiger partial charge in [0.15, 0.2) is 12.4 Å². The van der Waals surface area contributed by atoms with Crippen LogP contribution in [0.4, 0.5) is 0 Å². The smallest absolute Gasteiger partial charge is 0.306 e. The average Bonchev–Trinajstić information content (AvgIpc) is 2.19. The van der Waals surface area contributed by atoms with Crippen LogP contribution in [0.25, 0.3) is 0 Å². The molecule has 0 rings (SSSR count). The Balaban J connectivity index is 4.15. The van der Waals surface area contributed by atoms with Crippen molar-refractivity contribution >= 4 is 17.9 Å². The predicted molar refractivity (Wildman–Crippen MR) is 425 cm³/mol. The second kappa shape index (κ2) is 77.9. The number of allylic oxidation sites excluding steroid dienone is 32. The lowest BCUT2D eigenvalue weighted by molar-refractivity contribution is -0.870. The van der Waals surface area contributed by atoms with Gasteiger partial charge in [0, 0.05) is 12.8 Å². The molecule has 2 atom stereocenters. The lowest BCUT2D eigenvalue weighted by atomic mass is 10.0. The average molecular weight is 1370 g/mol. The van der Waals surface area contributed by atoms with Gasteiger partial charge in [0.05, 0.1) is 40.3 Å². The number of quaternary nitrogens is 1. The lowest BCUT2D eigenvalue weighted by Gasteiger charge is -2.26. The molecule has 558 valence electrons. The number of carbonyl (C=O) groups is 3. The molecule has 0 heterocycles. The molecule has 0 amide bonds. The highest BCUT2D eigenvalue weighted by molar-refractivity contribution is 5.70. The Morgan fingerprint density at radius 2 is 0.545 bits per heavy atom. The van der Waals surface area contributed by atoms with Crippen molar-refractivity contribution in [2.24, 2.45) is 0 Å². The van der Waals surface area contributed by atoms with Crippen LogP contribution in [0.5, 0.6) is 0 Å². The van der Waals surface area contributed by atoms with Crippen molar-refractivity contribution in [3.05, 3.63) is 194 Å². The molecule has 0 bridgehead atoms. The van der Waals surface area contributed by atoms with E-state index in [1.165, 1.54) is 122 Å². The summed E-state index contributed by atoms with van der Waals surface area (Å²) in [6, 6.07) is 0. The highest BCUT2D eigenvalue weighted by Gasteiger charge is 2.22. The maximum Gasteiger partial charge on any atom is 0.306 e. The van der Waals surface area contributed by atoms with Gasteiger partial charge in [-0.25, -0.2) is 0 Å². The molecule has 0 aliphatic rings. The predicted octanol–water partition coefficient (Wildman–Crippen LogP) is 24.4. The van der Waals surface area contributed by atoms with Crippen molar-refractivity contribution in [1.29, 1.82) is 0 Å². The minimum absolute atomic E-state index is 0.132. The Labute approximate surface area is 608 Å². The third-order valence-corrected chi connectivity index (χ3v) is 16.3. The maximum absolute atomic E-state index is 13.0. The normalized spacial score (nSPS) is 13.7. The van der Waals surface area contributed by atoms with E-state index in [1.807, 2.05) is 21.1 Å². The summed E-state index contributed by atoms with van der Waals surface area (Å²) in [4.78, 5) is 37.6. The number of unbranched alkanes of at least 4 members (excludes halogenated alkanes) is 24. The van der Waals surface area contributed by atoms with E-state index in [0.717, 1.165) is 141 Å². The molecule has 0 aliphatic heterocycles. The molecule has 99 heavy (non-hydrogen) atoms. The van der Waals surface area contributed by atoms with E-state index in [9.17, 15) is 19.5 Å². The van der Waals surface area contributed by atoms with Gasteiger partial charge in [-0.3, -0.25) is 9.59 Å². The second-order valence-electron chi connectivity index (χ2n) is 26.9. The van der Waals surface area contributed by atoms with E-state index in [-0.39, 0.29) is 38.6 Å². The molecule has 9 heteroatoms. The zero-order valence-corrected chi connectivity index (χ0v) is 63.8. The molecule has 0 saturated heterocycles. The molecule has 2 unspecified atom stereocenters. The van der Waals surface area contributed by atoms with Crippen molar-refractivity contribution in [2.45, 2.75) is 309 Å². The third kappa shape index (κ3) is 79.3. The topological polar surface area (TPSA) is 111 Å². The van der Waals surface area contributed by atoms with E-state index in [1.54, 1.807) is 0 Å². The Kier molecular flexibility index (Phi) is 73.2. The highest BCUT2D eigenvalue weighted by Crippen LogP contribution is 2.17. The molecule has 0 aliphatic carbocycles. The molecule has 0 radical (unpaired) electrons. The zero-order chi connectivity index (χ0) is 71.8. The first-order chi connectivity index (χ1) is 48.6. The Morgan fingerprint density at radius 3 is 0.818 bits per heavy atom. The molecular weight excluding hydrogens is 1220 g/mol. The molecule has 0 spiro atoms. The van der Waals surface area contributed by atoms with Gasteiger partial charge in [0.25, 0.3) is 0 Å². The van der Waals surface area contributed by atoms with Crippen molar-refractivity contribution in [1.82, 2.24) is 0 Å². The number of nitrogens with zero attached hydrogens (tertiary/aromatic N) is 1. The van der Waals surface area contributed by atoms with Crippen LogP contribution in [0.15, 0.2) is 194 Å². The number of hydrogen-bond donors (Lipinski definition) is 0. The summed E-state index contributed by atoms with van der Waals surface area (Å²) < 4.78 is 22.8. The van der Waals surface area contributed by atoms with E-state index >= 15 is 0 Å². The first-order valence-corrected chi connectivity index (χ1v) is 39.6. The minimum atomic E-state index is -1.64. The minimum Gasteiger partial charge on any atom is -0.545 e. The van der Waals surface area contributed by atoms with Crippen molar-refractivity contribution < 1.29 is 42.9 Å². The van der Waals surface area contributed by atoms with Gasteiger partial charge in [-0.15, -0.1) is 0 Å². The van der Waals surface area contributed by atoms with Crippen LogP contribution < -0.4 is 5.11 Å². The zero-order valence-electron chi connectivity index (χ0n) is 63.8. The van der Waals surface area contributed by atoms with E-state index in [2.05, 4.69) is 208 Å². The van der Waals surface area contributed by atoms with Crippen LogP contribution in [-0.2, 0) is 33.3 Å². The first kappa shape index (κ1) is 93.1. The summed E-state index contributed by atoms with van der Waals surface area (Å²) in [6.45, 7) is 4.48. The number of carbonyl (C=O) groups excluding carboxylic acids is 3. The second-order valence-corrected chi connectivity index (χ2v) is 26.9. The summed E-state index contributed by atoms with van der Waals surface area (Å²) in [5.41, 5.74) is 0. The highest BCUT2D eigenvalue weighted by atomic mass is 16.7. The van der Waals surface area contributed by atoms with Crippen molar-refractivity contribution in [3.63, 3.8) is 0 Å². The summed E-state index contributed by atoms with van der Waals surface area (Å²) in [5.74, 6) is -2.34. The molecule has 0 aromatic rings. The fraction of sp³-hybridized carbons (Fsp3) is 0.611. The largest absolute Gasteiger partial charge is 0.545 e. The number of hydrogen-bond acceptors (Lipinski definition) is 8. The van der Waals surface area contributed by atoms with E-state index in [0.29, 0.717) is 17.4 Å². The van der Waals surface area contributed by atoms with Gasteiger partial charge in [0.2, 0.25) is 0 Å². The molecule has 0 N–H and O–H groups in total. The van der Waals surface area contributed by atoms with Gasteiger partial charge in [-0.2, -0.15) is 0 Å². The van der Waals surface area contributed by atoms with Crippen molar-refractivity contribution in [3.8, 4) is 0 Å². The van der Waals surface area contributed by atoms with Gasteiger partial charge in [-0.05, 0) is 141 Å². The van der Waals surface area contributed by atoms with Crippen LogP contribution in [0.3, 0.4) is 0 Å². The fourth-order valence-corrected chi connectivity index (χ4v) is 10.4. The standard InChI is InChI=1S/C90H145NO8/c1-6-8-10-12-14-16-18-20-22-24-26-28-30-32-34-36-38-40-42-44-46-48-50-52-54-56-58-60-62-64-66-68-70-72-74-76-78-80-87(92)97-84-86(85-98-90(89(94)95)96-83-82-91(3,4)5)99-88(93)81-79-77-75-73-71-69-67-65-63-61-59-57-55-53-51-49-47-45-43-41-39-37-35-33-31-29-27-25-23-21-19-17-15-13-11-9-7-2/h8-11,14-17,20-23,26-29,32-35,39,41,45,47,51,53,57,59,63,65,69,71,86,90H,6-7,12-13,18-19,24-25,30-31,36-38,40,42-44,46,48-50,52,54-56,58,60-62,64,66-68,70,72-85H2,1-5H3/b10-8-,11-9-,16-14-,17-15-,22-20-,23-21-,28-26-,29-27-,34-32-,35-33-,41-39-,47-45-,53-51-,59-57-,65-63-,71-69-. The van der Waals surface area contributed by atoms with Crippen LogP contribution in [0.2, 0.25) is 0 Å². The number of aliphatic carboxylic acids is 1. The Hall–Kier alpha value is -5.87. The number of likely N-dealkylation sites (N-methyl/N-ethyl adjacent to an activating group) is 1. The monoisotopic (exact) mass is 1370 g/mol. The Morgan fingerprint density at radius 1 is 0.303 bits per heavy atom. The van der Waals surface area contributed by atoms with Crippen LogP contribution in [0.1, 0.15) is 296 Å². The first-order valence-electron chi connectivity index (χ1n) is 39.6. The molecular formula is C90H145NO8. The SMILES string of the molecule is CC/C=C\C/C=C\C/C=C\C/C=C\C/C=C\C/C=C\C/C=C\C/C=C\C/C=C\C/C=C\C/C=C\CCCCCC(=O)OC(COC(=O)CCCCCCCCCCCCCCCCCCCCCCC/C=C\C/C=C\C/C=C\C/C=C\C/C=C\CC)COC(OCC[N+](C)(C)C)C(=O)[O-]. The van der Waals surface area contributed by atoms with Gasteiger partial charge >= 0.3 is 11.9 Å². The fourth-order valence-electron chi connectivity index (χ4n) is 10.4. The van der Waals surface area contributed by atoms with Crippen LogP contribution >= 0.6 is 0 Å². The summed E-state index contributed by atoms with van der Waals surface area (Å²) in [6.07, 6.45) is 117. The van der Waals surface area contributed by atoms with Crippen LogP contribution in [-0.4, -0.2) is 82.3 Å². The van der Waals surface area contributed by atoms with Gasteiger partial charge < -0.3 is 33.3 Å². The molecule has 9 nitrogen and oxygen atoms in total. The van der Waals surface area contributed by atoms with E-state index in [4.69, 9.17) is 18.9 Å². The summed E-state index contributed by atoms with van der Waals surface area (Å²) >= 11 is 0.